The summed E-state index contributed by atoms with van der Waals surface area (Å²) < 4.78 is 2.36. The number of unbranched alkanes of at least 4 members (excludes halogenated alkanes) is 1. The highest BCUT2D eigenvalue weighted by Gasteiger charge is 2.24. The summed E-state index contributed by atoms with van der Waals surface area (Å²) in [5, 5.41) is 2.60. The standard InChI is InChI=1S/C26H38N2/c1-8-11-12-19-13-14-22-20(15-19)16-23(25(4,5)6)28-18-21(27-24(22)28)17-26(7,9-2)10-3/h13-16,18H,8-12,17H2,1-7H3. The van der Waals surface area contributed by atoms with E-state index in [9.17, 15) is 0 Å². The Kier molecular flexibility index (Phi) is 5.89. The molecule has 2 nitrogen and oxygen atoms in total. The van der Waals surface area contributed by atoms with Crippen LogP contribution in [-0.2, 0) is 18.3 Å². The van der Waals surface area contributed by atoms with E-state index in [1.54, 1.807) is 0 Å². The molecule has 0 aliphatic carbocycles. The zero-order chi connectivity index (χ0) is 20.5. The van der Waals surface area contributed by atoms with Crippen molar-refractivity contribution >= 4 is 16.4 Å². The zero-order valence-corrected chi connectivity index (χ0v) is 19.0. The maximum absolute atomic E-state index is 5.15. The van der Waals surface area contributed by atoms with E-state index in [-0.39, 0.29) is 5.41 Å². The molecule has 0 radical (unpaired) electrons. The first kappa shape index (κ1) is 20.9. The number of aryl methyl sites for hydroxylation is 1. The molecule has 0 saturated heterocycles. The van der Waals surface area contributed by atoms with Gasteiger partial charge in [0, 0.05) is 22.7 Å². The molecule has 2 aromatic heterocycles. The van der Waals surface area contributed by atoms with Crippen molar-refractivity contribution in [3.8, 4) is 0 Å². The fourth-order valence-corrected chi connectivity index (χ4v) is 4.09. The van der Waals surface area contributed by atoms with Crippen molar-refractivity contribution in [2.75, 3.05) is 0 Å². The molecule has 152 valence electrons. The first-order valence-electron chi connectivity index (χ1n) is 11.1. The molecule has 0 saturated carbocycles. The van der Waals surface area contributed by atoms with Gasteiger partial charge in [0.15, 0.2) is 0 Å². The maximum atomic E-state index is 5.15. The number of fused-ring (bicyclic) bond motifs is 3. The second kappa shape index (κ2) is 7.89. The molecule has 0 unspecified atom stereocenters. The lowest BCUT2D eigenvalue weighted by molar-refractivity contribution is 0.293. The van der Waals surface area contributed by atoms with Crippen molar-refractivity contribution in [3.05, 3.63) is 47.4 Å². The van der Waals surface area contributed by atoms with E-state index in [0.29, 0.717) is 5.41 Å². The van der Waals surface area contributed by atoms with Gasteiger partial charge in [0.25, 0.3) is 0 Å². The van der Waals surface area contributed by atoms with Crippen LogP contribution in [0.1, 0.15) is 91.1 Å². The molecule has 0 spiro atoms. The Labute approximate surface area is 171 Å². The molecule has 1 aromatic carbocycles. The van der Waals surface area contributed by atoms with Crippen molar-refractivity contribution in [2.45, 2.75) is 92.4 Å². The average Bonchev–Trinajstić information content (AvgIpc) is 3.07. The van der Waals surface area contributed by atoms with Crippen LogP contribution in [-0.4, -0.2) is 9.38 Å². The van der Waals surface area contributed by atoms with Crippen molar-refractivity contribution in [1.29, 1.82) is 0 Å². The predicted molar refractivity (Wildman–Crippen MR) is 122 cm³/mol. The summed E-state index contributed by atoms with van der Waals surface area (Å²) in [4.78, 5) is 5.15. The summed E-state index contributed by atoms with van der Waals surface area (Å²) in [6.45, 7) is 16.2. The molecular weight excluding hydrogens is 340 g/mol. The van der Waals surface area contributed by atoms with Crippen LogP contribution in [0.4, 0.5) is 0 Å². The minimum absolute atomic E-state index is 0.0721. The summed E-state index contributed by atoms with van der Waals surface area (Å²) >= 11 is 0. The van der Waals surface area contributed by atoms with Gasteiger partial charge in [-0.05, 0) is 41.7 Å². The Balaban J connectivity index is 2.19. The van der Waals surface area contributed by atoms with Crippen LogP contribution in [0.3, 0.4) is 0 Å². The number of hydrogen-bond acceptors (Lipinski definition) is 1. The van der Waals surface area contributed by atoms with Gasteiger partial charge in [-0.25, -0.2) is 4.98 Å². The van der Waals surface area contributed by atoms with Crippen molar-refractivity contribution in [3.63, 3.8) is 0 Å². The second-order valence-electron chi connectivity index (χ2n) is 9.93. The molecule has 0 bridgehead atoms. The van der Waals surface area contributed by atoms with Gasteiger partial charge in [0.2, 0.25) is 0 Å². The van der Waals surface area contributed by atoms with Crippen LogP contribution in [0, 0.1) is 5.41 Å². The first-order valence-corrected chi connectivity index (χ1v) is 11.1. The summed E-state index contributed by atoms with van der Waals surface area (Å²) in [5.74, 6) is 0. The predicted octanol–water partition coefficient (Wildman–Crippen LogP) is 7.50. The van der Waals surface area contributed by atoms with Gasteiger partial charge in [-0.2, -0.15) is 0 Å². The van der Waals surface area contributed by atoms with Gasteiger partial charge in [-0.15, -0.1) is 0 Å². The minimum atomic E-state index is 0.0721. The Bertz CT molecular complexity index is 952. The third-order valence-corrected chi connectivity index (χ3v) is 6.57. The molecule has 0 atom stereocenters. The van der Waals surface area contributed by atoms with Crippen LogP contribution in [0.2, 0.25) is 0 Å². The largest absolute Gasteiger partial charge is 0.303 e. The van der Waals surface area contributed by atoms with Gasteiger partial charge in [-0.1, -0.05) is 85.9 Å². The number of imidazole rings is 1. The Morgan fingerprint density at radius 1 is 0.964 bits per heavy atom. The molecular formula is C26H38N2. The molecule has 0 aliphatic heterocycles. The monoisotopic (exact) mass is 378 g/mol. The van der Waals surface area contributed by atoms with E-state index in [2.05, 4.69) is 83.3 Å². The number of nitrogens with zero attached hydrogens (tertiary/aromatic N) is 2. The van der Waals surface area contributed by atoms with Gasteiger partial charge >= 0.3 is 0 Å². The lowest BCUT2D eigenvalue weighted by atomic mass is 9.80. The molecule has 2 heterocycles. The topological polar surface area (TPSA) is 17.3 Å². The minimum Gasteiger partial charge on any atom is -0.303 e. The van der Waals surface area contributed by atoms with Crippen molar-refractivity contribution in [2.24, 2.45) is 5.41 Å². The van der Waals surface area contributed by atoms with Gasteiger partial charge in [-0.3, -0.25) is 0 Å². The number of benzene rings is 1. The summed E-state index contributed by atoms with van der Waals surface area (Å²) in [7, 11) is 0. The van der Waals surface area contributed by atoms with Crippen molar-refractivity contribution in [1.82, 2.24) is 9.38 Å². The lowest BCUT2D eigenvalue weighted by Gasteiger charge is -2.25. The third-order valence-electron chi connectivity index (χ3n) is 6.57. The number of rotatable bonds is 7. The van der Waals surface area contributed by atoms with Gasteiger partial charge in [0.1, 0.15) is 5.65 Å². The van der Waals surface area contributed by atoms with Crippen molar-refractivity contribution < 1.29 is 0 Å². The smallest absolute Gasteiger partial charge is 0.145 e. The fraction of sp³-hybridized carbons (Fsp3) is 0.577. The van der Waals surface area contributed by atoms with Crippen LogP contribution in [0.5, 0.6) is 0 Å². The molecule has 0 aliphatic rings. The normalized spacial score (nSPS) is 13.0. The highest BCUT2D eigenvalue weighted by atomic mass is 15.0. The molecule has 28 heavy (non-hydrogen) atoms. The number of pyridine rings is 1. The second-order valence-corrected chi connectivity index (χ2v) is 9.93. The van der Waals surface area contributed by atoms with Gasteiger partial charge < -0.3 is 4.40 Å². The first-order chi connectivity index (χ1) is 13.2. The summed E-state index contributed by atoms with van der Waals surface area (Å²) in [6.07, 6.45) is 9.36. The van der Waals surface area contributed by atoms with E-state index >= 15 is 0 Å². The Morgan fingerprint density at radius 3 is 2.29 bits per heavy atom. The highest BCUT2D eigenvalue weighted by molar-refractivity contribution is 5.95. The van der Waals surface area contributed by atoms with E-state index in [4.69, 9.17) is 4.98 Å². The maximum Gasteiger partial charge on any atom is 0.145 e. The molecule has 3 rings (SSSR count). The molecule has 2 heteroatoms. The van der Waals surface area contributed by atoms with E-state index < -0.39 is 0 Å². The zero-order valence-electron chi connectivity index (χ0n) is 19.0. The summed E-state index contributed by atoms with van der Waals surface area (Å²) in [6, 6.07) is 9.36. The fourth-order valence-electron chi connectivity index (χ4n) is 4.09. The Hall–Kier alpha value is -1.83. The van der Waals surface area contributed by atoms with Crippen LogP contribution >= 0.6 is 0 Å². The number of hydrogen-bond donors (Lipinski definition) is 0. The van der Waals surface area contributed by atoms with E-state index in [1.165, 1.54) is 53.4 Å². The quantitative estimate of drug-likeness (QED) is 0.416. The molecule has 0 amide bonds. The summed E-state index contributed by atoms with van der Waals surface area (Å²) in [5.41, 5.74) is 5.52. The number of aromatic nitrogens is 2. The van der Waals surface area contributed by atoms with Crippen LogP contribution in [0.15, 0.2) is 30.5 Å². The molecule has 3 aromatic rings. The van der Waals surface area contributed by atoms with E-state index in [0.717, 1.165) is 18.5 Å². The SMILES string of the molecule is CCCCc1ccc2c(c1)cc(C(C)(C)C)n1cc(CC(C)(CC)CC)nc21. The van der Waals surface area contributed by atoms with E-state index in [1.807, 2.05) is 0 Å². The molecule has 0 N–H and O–H groups in total. The third kappa shape index (κ3) is 4.11. The Morgan fingerprint density at radius 2 is 1.68 bits per heavy atom. The van der Waals surface area contributed by atoms with Gasteiger partial charge in [0.05, 0.1) is 5.69 Å². The van der Waals surface area contributed by atoms with Crippen LogP contribution in [0.25, 0.3) is 16.4 Å². The molecule has 0 fully saturated rings. The average molecular weight is 379 g/mol. The van der Waals surface area contributed by atoms with Crippen LogP contribution < -0.4 is 0 Å². The lowest BCUT2D eigenvalue weighted by Crippen LogP contribution is -2.17. The highest BCUT2D eigenvalue weighted by Crippen LogP contribution is 2.33.